The molecule has 8 nitrogen and oxygen atoms in total. The summed E-state index contributed by atoms with van der Waals surface area (Å²) < 4.78 is 8.89. The number of carboxylic acids is 1. The standard InChI is InChI=1S/C26H27N3O5/c1-16-4-7-19(25(31)32)12-21(16)27-14-17-5-9-20(10-6-17)34-15-24(30)18-8-11-22-23(13-18)29(3)26(33)28(22)2/h4-13,24,27,30H,14-15H2,1-3H3,(H,31,32). The van der Waals surface area contributed by atoms with Crippen LogP contribution in [-0.4, -0.2) is 31.9 Å². The number of aryl methyl sites for hydroxylation is 3. The fourth-order valence-electron chi connectivity index (χ4n) is 3.85. The Labute approximate surface area is 196 Å². The minimum absolute atomic E-state index is 0.0745. The lowest BCUT2D eigenvalue weighted by Gasteiger charge is -2.14. The summed E-state index contributed by atoms with van der Waals surface area (Å²) in [6.07, 6.45) is -0.842. The van der Waals surface area contributed by atoms with Gasteiger partial charge in [-0.25, -0.2) is 9.59 Å². The highest BCUT2D eigenvalue weighted by atomic mass is 16.5. The van der Waals surface area contributed by atoms with Crippen LogP contribution in [0.25, 0.3) is 11.0 Å². The van der Waals surface area contributed by atoms with Gasteiger partial charge in [0.1, 0.15) is 18.5 Å². The Hall–Kier alpha value is -4.04. The van der Waals surface area contributed by atoms with Gasteiger partial charge in [0.25, 0.3) is 0 Å². The van der Waals surface area contributed by atoms with Gasteiger partial charge in [0.05, 0.1) is 16.6 Å². The summed E-state index contributed by atoms with van der Waals surface area (Å²) in [5, 5.41) is 23.0. The molecule has 34 heavy (non-hydrogen) atoms. The van der Waals surface area contributed by atoms with E-state index in [-0.39, 0.29) is 17.9 Å². The number of nitrogens with zero attached hydrogens (tertiary/aromatic N) is 2. The van der Waals surface area contributed by atoms with Crippen molar-refractivity contribution in [2.45, 2.75) is 19.6 Å². The van der Waals surface area contributed by atoms with Gasteiger partial charge in [0.15, 0.2) is 0 Å². The number of nitrogens with one attached hydrogen (secondary N) is 1. The number of aliphatic hydroxyl groups excluding tert-OH is 1. The molecule has 3 N–H and O–H groups in total. The highest BCUT2D eigenvalue weighted by Gasteiger charge is 2.13. The third kappa shape index (κ3) is 4.67. The second-order valence-corrected chi connectivity index (χ2v) is 8.31. The minimum Gasteiger partial charge on any atom is -0.491 e. The maximum absolute atomic E-state index is 12.1. The number of rotatable bonds is 8. The zero-order chi connectivity index (χ0) is 24.4. The second kappa shape index (κ2) is 9.44. The van der Waals surface area contributed by atoms with Crippen molar-refractivity contribution in [3.63, 3.8) is 0 Å². The maximum Gasteiger partial charge on any atom is 0.335 e. The van der Waals surface area contributed by atoms with E-state index in [2.05, 4.69) is 5.32 Å². The average Bonchev–Trinajstić information content (AvgIpc) is 3.06. The van der Waals surface area contributed by atoms with Gasteiger partial charge in [-0.3, -0.25) is 9.13 Å². The van der Waals surface area contributed by atoms with Crippen molar-refractivity contribution < 1.29 is 19.7 Å². The highest BCUT2D eigenvalue weighted by molar-refractivity contribution is 5.89. The monoisotopic (exact) mass is 461 g/mol. The molecule has 4 rings (SSSR count). The predicted molar refractivity (Wildman–Crippen MR) is 131 cm³/mol. The normalized spacial score (nSPS) is 12.0. The Morgan fingerprint density at radius 2 is 1.71 bits per heavy atom. The summed E-state index contributed by atoms with van der Waals surface area (Å²) in [7, 11) is 3.43. The molecule has 0 saturated carbocycles. The van der Waals surface area contributed by atoms with Gasteiger partial charge < -0.3 is 20.3 Å². The molecule has 1 heterocycles. The van der Waals surface area contributed by atoms with Gasteiger partial charge in [-0.1, -0.05) is 24.3 Å². The van der Waals surface area contributed by atoms with E-state index in [1.807, 2.05) is 37.3 Å². The maximum atomic E-state index is 12.1. The van der Waals surface area contributed by atoms with Crippen LogP contribution in [0.15, 0.2) is 65.5 Å². The summed E-state index contributed by atoms with van der Waals surface area (Å²) in [5.74, 6) is -0.334. The quantitative estimate of drug-likeness (QED) is 0.370. The van der Waals surface area contributed by atoms with Crippen molar-refractivity contribution in [3.05, 3.63) is 93.4 Å². The number of aliphatic hydroxyl groups is 1. The molecule has 0 aliphatic carbocycles. The Morgan fingerprint density at radius 1 is 1.00 bits per heavy atom. The number of hydrogen-bond acceptors (Lipinski definition) is 5. The van der Waals surface area contributed by atoms with Gasteiger partial charge in [-0.15, -0.1) is 0 Å². The molecule has 8 heteroatoms. The molecule has 0 aliphatic heterocycles. The van der Waals surface area contributed by atoms with Crippen LogP contribution in [-0.2, 0) is 20.6 Å². The van der Waals surface area contributed by atoms with E-state index in [0.717, 1.165) is 27.8 Å². The Kier molecular flexibility index (Phi) is 6.43. The van der Waals surface area contributed by atoms with Crippen molar-refractivity contribution in [2.75, 3.05) is 11.9 Å². The number of aromatic nitrogens is 2. The first kappa shape index (κ1) is 23.1. The van der Waals surface area contributed by atoms with Crippen molar-refractivity contribution in [2.24, 2.45) is 14.1 Å². The topological polar surface area (TPSA) is 106 Å². The van der Waals surface area contributed by atoms with Crippen molar-refractivity contribution >= 4 is 22.7 Å². The van der Waals surface area contributed by atoms with Crippen molar-refractivity contribution in [1.29, 1.82) is 0 Å². The molecular weight excluding hydrogens is 434 g/mol. The number of anilines is 1. The fraction of sp³-hybridized carbons (Fsp3) is 0.231. The Bertz CT molecular complexity index is 1400. The van der Waals surface area contributed by atoms with Gasteiger partial charge >= 0.3 is 11.7 Å². The lowest BCUT2D eigenvalue weighted by Crippen LogP contribution is -2.19. The van der Waals surface area contributed by atoms with Gasteiger partial charge in [0.2, 0.25) is 0 Å². The molecule has 1 atom stereocenters. The molecule has 3 aromatic carbocycles. The third-order valence-electron chi connectivity index (χ3n) is 5.98. The molecular formula is C26H27N3O5. The number of hydrogen-bond donors (Lipinski definition) is 3. The highest BCUT2D eigenvalue weighted by Crippen LogP contribution is 2.22. The Morgan fingerprint density at radius 3 is 2.41 bits per heavy atom. The van der Waals surface area contributed by atoms with Crippen molar-refractivity contribution in [3.8, 4) is 5.75 Å². The van der Waals surface area contributed by atoms with Crippen LogP contribution in [0.2, 0.25) is 0 Å². The van der Waals surface area contributed by atoms with Gasteiger partial charge in [0, 0.05) is 26.3 Å². The molecule has 0 aliphatic rings. The number of carbonyl (C=O) groups is 1. The number of carboxylic acid groups (broad SMARTS) is 1. The van der Waals surface area contributed by atoms with Crippen molar-refractivity contribution in [1.82, 2.24) is 9.13 Å². The van der Waals surface area contributed by atoms with E-state index in [9.17, 15) is 19.8 Å². The number of benzene rings is 3. The van der Waals surface area contributed by atoms with Crippen LogP contribution in [0.3, 0.4) is 0 Å². The summed E-state index contributed by atoms with van der Waals surface area (Å²) in [6, 6.07) is 17.9. The van der Waals surface area contributed by atoms with E-state index in [4.69, 9.17) is 4.74 Å². The van der Waals surface area contributed by atoms with Crippen LogP contribution in [0.1, 0.15) is 33.2 Å². The summed E-state index contributed by atoms with van der Waals surface area (Å²) in [4.78, 5) is 23.3. The summed E-state index contributed by atoms with van der Waals surface area (Å²) in [5.41, 5.74) is 5.10. The average molecular weight is 462 g/mol. The molecule has 176 valence electrons. The first-order chi connectivity index (χ1) is 16.2. The molecule has 0 spiro atoms. The molecule has 0 saturated heterocycles. The molecule has 1 unspecified atom stereocenters. The van der Waals surface area contributed by atoms with Crippen LogP contribution in [0.4, 0.5) is 5.69 Å². The van der Waals surface area contributed by atoms with E-state index in [1.165, 1.54) is 0 Å². The van der Waals surface area contributed by atoms with Crippen LogP contribution in [0, 0.1) is 6.92 Å². The van der Waals surface area contributed by atoms with Gasteiger partial charge in [-0.05, 0) is 60.0 Å². The first-order valence-corrected chi connectivity index (χ1v) is 10.9. The zero-order valence-corrected chi connectivity index (χ0v) is 19.3. The lowest BCUT2D eigenvalue weighted by molar-refractivity contribution is 0.0697. The SMILES string of the molecule is Cc1ccc(C(=O)O)cc1NCc1ccc(OCC(O)c2ccc3c(c2)n(C)c(=O)n3C)cc1. The van der Waals surface area contributed by atoms with E-state index >= 15 is 0 Å². The van der Waals surface area contributed by atoms with E-state index < -0.39 is 12.1 Å². The fourth-order valence-corrected chi connectivity index (χ4v) is 3.85. The number of fused-ring (bicyclic) bond motifs is 1. The molecule has 0 radical (unpaired) electrons. The minimum atomic E-state index is -0.959. The molecule has 0 fully saturated rings. The number of aromatic carboxylic acids is 1. The largest absolute Gasteiger partial charge is 0.491 e. The van der Waals surface area contributed by atoms with Crippen LogP contribution >= 0.6 is 0 Å². The molecule has 0 amide bonds. The Balaban J connectivity index is 1.36. The molecule has 4 aromatic rings. The van der Waals surface area contributed by atoms with Gasteiger partial charge in [-0.2, -0.15) is 0 Å². The van der Waals surface area contributed by atoms with E-state index in [0.29, 0.717) is 17.9 Å². The van der Waals surface area contributed by atoms with Crippen LogP contribution in [0.5, 0.6) is 5.75 Å². The predicted octanol–water partition coefficient (Wildman–Crippen LogP) is 3.61. The number of ether oxygens (including phenoxy) is 1. The zero-order valence-electron chi connectivity index (χ0n) is 19.3. The summed E-state index contributed by atoms with van der Waals surface area (Å²) in [6.45, 7) is 2.53. The van der Waals surface area contributed by atoms with Crippen LogP contribution < -0.4 is 15.7 Å². The first-order valence-electron chi connectivity index (χ1n) is 10.9. The molecule has 0 bridgehead atoms. The second-order valence-electron chi connectivity index (χ2n) is 8.31. The third-order valence-corrected chi connectivity index (χ3v) is 5.98. The number of imidazole rings is 1. The molecule has 1 aromatic heterocycles. The van der Waals surface area contributed by atoms with E-state index in [1.54, 1.807) is 53.6 Å². The smallest absolute Gasteiger partial charge is 0.335 e. The summed E-state index contributed by atoms with van der Waals surface area (Å²) >= 11 is 0. The lowest BCUT2D eigenvalue weighted by atomic mass is 10.1.